The number of likely N-dealkylation sites (tertiary alicyclic amines) is 1. The van der Waals surface area contributed by atoms with E-state index in [-0.39, 0.29) is 35.9 Å². The van der Waals surface area contributed by atoms with Crippen LogP contribution in [-0.2, 0) is 5.41 Å². The quantitative estimate of drug-likeness (QED) is 0.327. The highest BCUT2D eigenvalue weighted by atomic mass is 127. The van der Waals surface area contributed by atoms with Gasteiger partial charge in [0.25, 0.3) is 6.43 Å². The van der Waals surface area contributed by atoms with Crippen LogP contribution in [-0.4, -0.2) is 56.6 Å². The summed E-state index contributed by atoms with van der Waals surface area (Å²) in [5.74, 6) is 0.837. The average Bonchev–Trinajstić information content (AvgIpc) is 3.22. The molecule has 0 atom stereocenters. The predicted octanol–water partition coefficient (Wildman–Crippen LogP) is 4.46. The van der Waals surface area contributed by atoms with Crippen LogP contribution < -0.4 is 10.6 Å². The van der Waals surface area contributed by atoms with Crippen LogP contribution in [0.5, 0.6) is 0 Å². The van der Waals surface area contributed by atoms with Crippen molar-refractivity contribution in [1.82, 2.24) is 15.5 Å². The number of guanidine groups is 1. The van der Waals surface area contributed by atoms with Crippen molar-refractivity contribution in [1.29, 1.82) is 0 Å². The van der Waals surface area contributed by atoms with Crippen molar-refractivity contribution in [2.24, 2.45) is 4.99 Å². The molecule has 2 N–H and O–H groups in total. The molecule has 1 saturated heterocycles. The maximum atomic E-state index is 12.5. The summed E-state index contributed by atoms with van der Waals surface area (Å²) in [6, 6.07) is 4.72. The maximum absolute atomic E-state index is 12.5. The van der Waals surface area contributed by atoms with Crippen molar-refractivity contribution in [3.05, 3.63) is 22.4 Å². The molecule has 0 bridgehead atoms. The highest BCUT2D eigenvalue weighted by Crippen LogP contribution is 2.41. The molecule has 28 heavy (non-hydrogen) atoms. The Morgan fingerprint density at radius 1 is 1.29 bits per heavy atom. The molecule has 1 aliphatic heterocycles. The molecular formula is C20H33F2IN4S. The zero-order valence-electron chi connectivity index (χ0n) is 16.6. The molecule has 0 aromatic carbocycles. The number of rotatable bonds is 6. The lowest BCUT2D eigenvalue weighted by Crippen LogP contribution is -2.51. The number of nitrogens with zero attached hydrogens (tertiary/aromatic N) is 2. The van der Waals surface area contributed by atoms with Gasteiger partial charge < -0.3 is 10.6 Å². The summed E-state index contributed by atoms with van der Waals surface area (Å²) in [4.78, 5) is 7.74. The molecule has 160 valence electrons. The van der Waals surface area contributed by atoms with Crippen molar-refractivity contribution in [2.45, 2.75) is 62.8 Å². The molecule has 1 aromatic heterocycles. The van der Waals surface area contributed by atoms with Crippen molar-refractivity contribution >= 4 is 41.3 Å². The minimum atomic E-state index is -2.24. The van der Waals surface area contributed by atoms with Crippen LogP contribution in [0.2, 0.25) is 0 Å². The van der Waals surface area contributed by atoms with E-state index in [0.717, 1.165) is 38.4 Å². The first-order chi connectivity index (χ1) is 13.1. The van der Waals surface area contributed by atoms with Gasteiger partial charge in [-0.15, -0.1) is 35.3 Å². The summed E-state index contributed by atoms with van der Waals surface area (Å²) in [6.07, 6.45) is 5.87. The first-order valence-electron chi connectivity index (χ1n) is 10.1. The second kappa shape index (κ2) is 11.6. The molecule has 1 aliphatic carbocycles. The van der Waals surface area contributed by atoms with Crippen molar-refractivity contribution < 1.29 is 8.78 Å². The van der Waals surface area contributed by atoms with Crippen LogP contribution in [0.3, 0.4) is 0 Å². The molecule has 0 amide bonds. The van der Waals surface area contributed by atoms with E-state index in [4.69, 9.17) is 0 Å². The fourth-order valence-corrected chi connectivity index (χ4v) is 5.40. The molecule has 4 nitrogen and oxygen atoms in total. The van der Waals surface area contributed by atoms with Gasteiger partial charge in [-0.2, -0.15) is 0 Å². The third-order valence-electron chi connectivity index (χ3n) is 6.00. The van der Waals surface area contributed by atoms with Crippen molar-refractivity contribution in [3.8, 4) is 0 Å². The Kier molecular flexibility index (Phi) is 9.89. The van der Waals surface area contributed by atoms with Gasteiger partial charge in [0, 0.05) is 43.0 Å². The minimum absolute atomic E-state index is 0. The number of nitrogens with one attached hydrogen (secondary N) is 2. The number of halogens is 3. The van der Waals surface area contributed by atoms with Crippen LogP contribution in [0.4, 0.5) is 8.78 Å². The van der Waals surface area contributed by atoms with Gasteiger partial charge >= 0.3 is 0 Å². The highest BCUT2D eigenvalue weighted by molar-refractivity contribution is 14.0. The van der Waals surface area contributed by atoms with E-state index in [1.54, 1.807) is 7.05 Å². The number of hydrogen-bond acceptors (Lipinski definition) is 3. The average molecular weight is 526 g/mol. The molecule has 2 fully saturated rings. The van der Waals surface area contributed by atoms with Crippen LogP contribution in [0, 0.1) is 0 Å². The van der Waals surface area contributed by atoms with Crippen molar-refractivity contribution in [3.63, 3.8) is 0 Å². The minimum Gasteiger partial charge on any atom is -0.355 e. The van der Waals surface area contributed by atoms with E-state index < -0.39 is 6.43 Å². The van der Waals surface area contributed by atoms with Gasteiger partial charge in [0.15, 0.2) is 5.96 Å². The lowest BCUT2D eigenvalue weighted by atomic mass is 9.73. The van der Waals surface area contributed by atoms with Crippen LogP contribution in [0.1, 0.15) is 49.8 Å². The van der Waals surface area contributed by atoms with Crippen LogP contribution in [0.15, 0.2) is 22.5 Å². The molecule has 1 saturated carbocycles. The topological polar surface area (TPSA) is 39.7 Å². The Bertz CT molecular complexity index is 583. The van der Waals surface area contributed by atoms with E-state index in [0.29, 0.717) is 6.04 Å². The Labute approximate surface area is 188 Å². The molecule has 2 heterocycles. The Morgan fingerprint density at radius 3 is 2.57 bits per heavy atom. The molecule has 3 rings (SSSR count). The first-order valence-corrected chi connectivity index (χ1v) is 11.0. The number of alkyl halides is 2. The van der Waals surface area contributed by atoms with E-state index in [1.165, 1.54) is 37.0 Å². The second-order valence-electron chi connectivity index (χ2n) is 7.85. The number of piperidine rings is 1. The molecule has 0 unspecified atom stereocenters. The largest absolute Gasteiger partial charge is 0.355 e. The Balaban J connectivity index is 0.00000280. The van der Waals surface area contributed by atoms with Gasteiger partial charge in [-0.3, -0.25) is 9.89 Å². The summed E-state index contributed by atoms with van der Waals surface area (Å²) >= 11 is 1.86. The maximum Gasteiger partial charge on any atom is 0.251 e. The number of hydrogen-bond donors (Lipinski definition) is 2. The highest BCUT2D eigenvalue weighted by Gasteiger charge is 2.35. The van der Waals surface area contributed by atoms with E-state index in [2.05, 4.69) is 33.1 Å². The van der Waals surface area contributed by atoms with E-state index in [9.17, 15) is 8.78 Å². The molecule has 0 radical (unpaired) electrons. The summed E-state index contributed by atoms with van der Waals surface area (Å²) in [7, 11) is 1.81. The summed E-state index contributed by atoms with van der Waals surface area (Å²) in [5.41, 5.74) is 0.213. The molecule has 8 heteroatoms. The summed E-state index contributed by atoms with van der Waals surface area (Å²) < 4.78 is 25.1. The van der Waals surface area contributed by atoms with Gasteiger partial charge in [0.05, 0.1) is 6.54 Å². The third kappa shape index (κ3) is 6.52. The SMILES string of the molecule is CN=C(NCC1(c2cccs2)CCCCC1)NC1CCN(CC(F)F)CC1.I. The number of aliphatic imine (C=N–C) groups is 1. The smallest absolute Gasteiger partial charge is 0.251 e. The normalized spacial score (nSPS) is 21.4. The van der Waals surface area contributed by atoms with Gasteiger partial charge in [-0.25, -0.2) is 8.78 Å². The fourth-order valence-electron chi connectivity index (χ4n) is 4.42. The van der Waals surface area contributed by atoms with E-state index in [1.807, 2.05) is 16.2 Å². The first kappa shape index (κ1) is 23.8. The zero-order chi connectivity index (χ0) is 19.1. The fraction of sp³-hybridized carbons (Fsp3) is 0.750. The zero-order valence-corrected chi connectivity index (χ0v) is 19.8. The van der Waals surface area contributed by atoms with E-state index >= 15 is 0 Å². The molecule has 0 spiro atoms. The van der Waals surface area contributed by atoms with Gasteiger partial charge in [-0.05, 0) is 37.1 Å². The summed E-state index contributed by atoms with van der Waals surface area (Å²) in [5, 5.41) is 9.25. The molecule has 2 aliphatic rings. The van der Waals surface area contributed by atoms with Crippen molar-refractivity contribution in [2.75, 3.05) is 33.2 Å². The second-order valence-corrected chi connectivity index (χ2v) is 8.80. The van der Waals surface area contributed by atoms with Gasteiger partial charge in [-0.1, -0.05) is 25.3 Å². The van der Waals surface area contributed by atoms with Gasteiger partial charge in [0.2, 0.25) is 0 Å². The Morgan fingerprint density at radius 2 is 2.00 bits per heavy atom. The van der Waals surface area contributed by atoms with Crippen LogP contribution >= 0.6 is 35.3 Å². The monoisotopic (exact) mass is 526 g/mol. The number of thiophene rings is 1. The van der Waals surface area contributed by atoms with Gasteiger partial charge in [0.1, 0.15) is 0 Å². The molecule has 1 aromatic rings. The lowest BCUT2D eigenvalue weighted by molar-refractivity contribution is 0.0744. The summed E-state index contributed by atoms with van der Waals surface area (Å²) in [6.45, 7) is 2.23. The standard InChI is InChI=1S/C20H32F2N4S.HI/c1-23-19(25-16-7-11-26(12-8-16)14-18(21)22)24-15-20(9-3-2-4-10-20)17-6-5-13-27-17;/h5-6,13,16,18H,2-4,7-12,14-15H2,1H3,(H2,23,24,25);1H. The predicted molar refractivity (Wildman–Crippen MR) is 124 cm³/mol. The lowest BCUT2D eigenvalue weighted by Gasteiger charge is -2.38. The Hall–Kier alpha value is -0.480. The third-order valence-corrected chi connectivity index (χ3v) is 7.11. The van der Waals surface area contributed by atoms with Crippen LogP contribution in [0.25, 0.3) is 0 Å². The molecular weight excluding hydrogens is 493 g/mol.